The number of amides is 5. The molecule has 0 heterocycles. The summed E-state index contributed by atoms with van der Waals surface area (Å²) in [5.41, 5.74) is 20.7. The summed E-state index contributed by atoms with van der Waals surface area (Å²) in [6, 6.07) is 75.2. The molecule has 2 unspecified atom stereocenters. The van der Waals surface area contributed by atoms with Gasteiger partial charge in [-0.2, -0.15) is 0 Å². The fourth-order valence-electron chi connectivity index (χ4n) is 11.5. The molecule has 0 radical (unpaired) electrons. The van der Waals surface area contributed by atoms with Crippen LogP contribution in [0.25, 0.3) is 44.5 Å². The molecule has 11 aromatic rings. The van der Waals surface area contributed by atoms with Gasteiger partial charge in [0.1, 0.15) is 17.2 Å². The van der Waals surface area contributed by atoms with Gasteiger partial charge in [-0.25, -0.2) is 67.4 Å². The van der Waals surface area contributed by atoms with E-state index in [9.17, 15) is 72.0 Å². The van der Waals surface area contributed by atoms with Crippen LogP contribution in [-0.2, 0) is 92.6 Å². The summed E-state index contributed by atoms with van der Waals surface area (Å²) in [5.74, 6) is -3.35. The first-order chi connectivity index (χ1) is 67.3. The van der Waals surface area contributed by atoms with Crippen LogP contribution in [0.4, 0.5) is 39.8 Å². The fraction of sp³-hybridized carbons (Fsp3) is 0.172. The Bertz CT molecular complexity index is 6410. The number of nitrogens with two attached hydrogens (primary N) is 3. The number of nitrogens with one attached hydrogen (secondary N) is 8. The number of sulfonamides is 4. The van der Waals surface area contributed by atoms with Crippen LogP contribution < -0.4 is 71.6 Å². The van der Waals surface area contributed by atoms with E-state index < -0.39 is 87.5 Å². The average molecular weight is 2050 g/mol. The van der Waals surface area contributed by atoms with Crippen LogP contribution in [0.5, 0.6) is 17.2 Å². The summed E-state index contributed by atoms with van der Waals surface area (Å²) in [7, 11) is -4.92. The number of nitrogen functional groups attached to an aromatic ring is 2. The summed E-state index contributed by atoms with van der Waals surface area (Å²) < 4.78 is 143. The van der Waals surface area contributed by atoms with E-state index in [4.69, 9.17) is 50.4 Å². The van der Waals surface area contributed by atoms with Gasteiger partial charge in [-0.15, -0.1) is 0 Å². The van der Waals surface area contributed by atoms with Crippen LogP contribution in [0.15, 0.2) is 335 Å². The second kappa shape index (κ2) is 65.3. The molecule has 0 bridgehead atoms. The predicted molar refractivity (Wildman–Crippen MR) is 563 cm³/mol. The molecule has 11 aromatic carbocycles. The van der Waals surface area contributed by atoms with Gasteiger partial charge in [-0.1, -0.05) is 169 Å². The Kier molecular flexibility index (Phi) is 55.9. The Balaban J connectivity index is 0.000000449. The van der Waals surface area contributed by atoms with Crippen LogP contribution >= 0.6 is 18.2 Å². The van der Waals surface area contributed by atoms with Gasteiger partial charge in [-0.3, -0.25) is 24.0 Å². The molecular formula is C99H115B2N11O24P2S4. The number of rotatable bonds is 36. The molecule has 750 valence electrons. The van der Waals surface area contributed by atoms with Crippen molar-refractivity contribution in [2.24, 2.45) is 5.14 Å². The van der Waals surface area contributed by atoms with Crippen LogP contribution in [0.1, 0.15) is 66.7 Å². The van der Waals surface area contributed by atoms with Gasteiger partial charge >= 0.3 is 59.3 Å². The zero-order valence-corrected chi connectivity index (χ0v) is 83.5. The number of hydrogen-bond acceptors (Lipinski definition) is 24. The van der Waals surface area contributed by atoms with Crippen molar-refractivity contribution in [1.82, 2.24) is 14.2 Å². The van der Waals surface area contributed by atoms with Crippen LogP contribution in [0, 0.1) is 0 Å². The number of carboxylic acid groups (broad SMARTS) is 2. The molecular weight excluding hydrogens is 1940 g/mol. The first-order valence-corrected chi connectivity index (χ1v) is 50.0. The zero-order chi connectivity index (χ0) is 104. The standard InChI is InChI=1S/C27H29N3O5S.C23H21N3O5S.2C16H20N2O2S.C11H11NO4.C5H6O4.CH4.2BH2OP/c1-3-4-19-28-36(33,34)25-8-6-5-7-24(25)20-9-11-21(12-10-20)29-26(31)17-18-27(32)30-22-13-15-23(35-2)16-14-22;1-31-19-12-10-18(11-13-19)26-23(28)15-14-22(27)25-17-8-6-16(7-9-17)20-4-2-3-5-21(20)32(24,29)30;2*1-2-3-12-18-21(19,20)16-7-5-4-6-15(16)13-8-10-14(17)11-9-13;1-16-9-4-2-8(3-5-9)12-10(13)6-7-11(14)15;1-9-5(8)3-2-4(6)7;;2*2-1-3/h5-18,28H,3-4,19H2,1-2H3,(H,29,31)(H,30,32);2-15H,1H3,(H,25,27)(H,26,28)(H2,24,29,30);2*4-11,18H,2-3,12,17H2,1H3;2-7H,1H3,(H,12,13)(H,14,15);2-3H,1H3,(H,6,7);1H4;2*3H2/b18-17-;15-14-;;;7-6-;3-2-;;;. The molecule has 0 spiro atoms. The van der Waals surface area contributed by atoms with Crippen molar-refractivity contribution < 1.29 is 111 Å². The maximum atomic E-state index is 12.8. The van der Waals surface area contributed by atoms with E-state index in [1.807, 2.05) is 75.4 Å². The molecule has 16 N–H and O–H groups in total. The first kappa shape index (κ1) is 122. The van der Waals surface area contributed by atoms with E-state index in [0.29, 0.717) is 140 Å². The summed E-state index contributed by atoms with van der Waals surface area (Å²) in [5, 5.41) is 34.7. The van der Waals surface area contributed by atoms with E-state index in [-0.39, 0.29) is 17.2 Å². The molecule has 43 heteroatoms. The SMILES string of the molecule is C.CCCCNS(=O)(=O)c1ccccc1-c1ccc(N)cc1.CCCCNS(=O)(=O)c1ccccc1-c1ccc(N)cc1.CCCCNS(=O)(=O)c1ccccc1-c1ccc(NC(=O)/C=C\C(=O)Nc2ccc(OC)cc2)cc1.COC(=O)/C=C\C(=O)O.COc1ccc(NC(=O)/C=C\C(=O)Nc2ccc(-c3ccccc3S(N)(=O)=O)cc2)cc1.COc1ccc(NC(=O)/C=C\C(=O)O)cc1.O=BP.O=BP. The Labute approximate surface area is 833 Å². The van der Waals surface area contributed by atoms with E-state index >= 15 is 0 Å². The molecule has 11 rings (SSSR count). The zero-order valence-electron chi connectivity index (χ0n) is 77.9. The van der Waals surface area contributed by atoms with Gasteiger partial charge < -0.3 is 67.2 Å². The number of ether oxygens (including phenoxy) is 4. The molecule has 0 fully saturated rings. The van der Waals surface area contributed by atoms with Gasteiger partial charge in [0.2, 0.25) is 69.6 Å². The fourth-order valence-corrected chi connectivity index (χ4v) is 16.2. The number of aliphatic carboxylic acids is 2. The third kappa shape index (κ3) is 46.0. The Hall–Kier alpha value is -14.6. The van der Waals surface area contributed by atoms with Crippen LogP contribution in [0.3, 0.4) is 0 Å². The molecule has 0 saturated carbocycles. The van der Waals surface area contributed by atoms with Crippen molar-refractivity contribution >= 4 is 159 Å². The first-order valence-electron chi connectivity index (χ1n) is 42.6. The number of unbranched alkanes of at least 4 members (excludes halogenated alkanes) is 3. The Morgan fingerprint density at radius 1 is 0.324 bits per heavy atom. The van der Waals surface area contributed by atoms with E-state index in [1.54, 1.807) is 246 Å². The Morgan fingerprint density at radius 2 is 0.528 bits per heavy atom. The summed E-state index contributed by atoms with van der Waals surface area (Å²) in [4.78, 5) is 90.4. The predicted octanol–water partition coefficient (Wildman–Crippen LogP) is 15.1. The van der Waals surface area contributed by atoms with Crippen LogP contribution in [-0.4, -0.2) is 153 Å². The van der Waals surface area contributed by atoms with E-state index in [2.05, 4.69) is 45.5 Å². The monoisotopic (exact) mass is 2050 g/mol. The molecule has 0 aliphatic rings. The summed E-state index contributed by atoms with van der Waals surface area (Å²) >= 11 is 0. The number of carbonyl (C=O) groups is 8. The molecule has 0 aliphatic carbocycles. The maximum absolute atomic E-state index is 12.8. The van der Waals surface area contributed by atoms with Crippen molar-refractivity contribution in [3.63, 3.8) is 0 Å². The van der Waals surface area contributed by atoms with Crippen molar-refractivity contribution in [3.05, 3.63) is 316 Å². The van der Waals surface area contributed by atoms with Gasteiger partial charge in [0, 0.05) is 130 Å². The van der Waals surface area contributed by atoms with E-state index in [1.165, 1.54) is 13.2 Å². The number of esters is 1. The number of anilines is 7. The topological polar surface area (TPSA) is 559 Å². The molecule has 35 nitrogen and oxygen atoms in total. The van der Waals surface area contributed by atoms with Crippen molar-refractivity contribution in [3.8, 4) is 61.8 Å². The minimum atomic E-state index is -3.88. The Morgan fingerprint density at radius 3 is 0.746 bits per heavy atom. The number of carboxylic acids is 2. The summed E-state index contributed by atoms with van der Waals surface area (Å²) in [6.07, 6.45) is 13.0. The molecule has 0 aromatic heterocycles. The van der Waals surface area contributed by atoms with Gasteiger partial charge in [0.05, 0.1) is 48.0 Å². The number of carbonyl (C=O) groups excluding carboxylic acids is 6. The normalized spacial score (nSPS) is 10.6. The van der Waals surface area contributed by atoms with Gasteiger partial charge in [-0.05, 0) is 187 Å². The number of benzene rings is 11. The van der Waals surface area contributed by atoms with E-state index in [0.717, 1.165) is 92.2 Å². The van der Waals surface area contributed by atoms with Crippen LogP contribution in [0.2, 0.25) is 0 Å². The van der Waals surface area contributed by atoms with Crippen molar-refractivity contribution in [1.29, 1.82) is 0 Å². The third-order valence-corrected chi connectivity index (χ3v) is 23.9. The number of hydrogen-bond donors (Lipinski definition) is 13. The van der Waals surface area contributed by atoms with Gasteiger partial charge in [0.15, 0.2) is 0 Å². The molecule has 2 atom stereocenters. The molecule has 5 amide bonds. The average Bonchev–Trinajstić information content (AvgIpc) is 0.812. The van der Waals surface area contributed by atoms with Crippen molar-refractivity contribution in [2.45, 2.75) is 86.3 Å². The molecule has 0 saturated heterocycles. The number of primary sulfonamides is 1. The minimum absolute atomic E-state index is 0. The molecule has 142 heavy (non-hydrogen) atoms. The second-order valence-electron chi connectivity index (χ2n) is 28.6. The molecule has 0 aliphatic heterocycles. The second-order valence-corrected chi connectivity index (χ2v) is 35.9. The third-order valence-electron chi connectivity index (χ3n) is 18.3. The summed E-state index contributed by atoms with van der Waals surface area (Å²) in [6.45, 7) is 8.66. The van der Waals surface area contributed by atoms with Gasteiger partial charge in [0.25, 0.3) is 0 Å². The number of methoxy groups -OCH3 is 4. The van der Waals surface area contributed by atoms with Crippen molar-refractivity contribution in [2.75, 3.05) is 86.1 Å². The quantitative estimate of drug-likeness (QED) is 0.00433.